The average molecular weight is 168 g/mol. The standard InChI is InChI=1S/C10H20N2/c1-8-4-5-12(7-10(8)11)6-9-2-3-9/h8-10H,2-7,11H2,1H3. The Labute approximate surface area is 75.1 Å². The highest BCUT2D eigenvalue weighted by Gasteiger charge is 2.28. The molecule has 2 N–H and O–H groups in total. The third-order valence-corrected chi connectivity index (χ3v) is 3.31. The van der Waals surface area contributed by atoms with Gasteiger partial charge in [0.2, 0.25) is 0 Å². The summed E-state index contributed by atoms with van der Waals surface area (Å²) in [5, 5.41) is 0. The number of piperidine rings is 1. The van der Waals surface area contributed by atoms with Crippen LogP contribution in [0.3, 0.4) is 0 Å². The Morgan fingerprint density at radius 2 is 2.08 bits per heavy atom. The lowest BCUT2D eigenvalue weighted by molar-refractivity contribution is 0.163. The van der Waals surface area contributed by atoms with E-state index in [0.717, 1.165) is 18.4 Å². The minimum Gasteiger partial charge on any atom is -0.326 e. The lowest BCUT2D eigenvalue weighted by Crippen LogP contribution is -2.48. The van der Waals surface area contributed by atoms with E-state index >= 15 is 0 Å². The summed E-state index contributed by atoms with van der Waals surface area (Å²) in [5.74, 6) is 1.76. The molecule has 0 bridgehead atoms. The van der Waals surface area contributed by atoms with Crippen molar-refractivity contribution in [3.8, 4) is 0 Å². The second-order valence-electron chi connectivity index (χ2n) is 4.63. The van der Waals surface area contributed by atoms with E-state index in [0.29, 0.717) is 6.04 Å². The van der Waals surface area contributed by atoms with Crippen molar-refractivity contribution in [1.29, 1.82) is 0 Å². The van der Waals surface area contributed by atoms with Gasteiger partial charge in [-0.05, 0) is 37.6 Å². The van der Waals surface area contributed by atoms with E-state index in [1.165, 1.54) is 32.4 Å². The molecule has 2 heteroatoms. The van der Waals surface area contributed by atoms with E-state index in [4.69, 9.17) is 5.73 Å². The van der Waals surface area contributed by atoms with Crippen LogP contribution in [0, 0.1) is 11.8 Å². The highest BCUT2D eigenvalue weighted by atomic mass is 15.2. The number of hydrogen-bond acceptors (Lipinski definition) is 2. The fourth-order valence-corrected chi connectivity index (χ4v) is 2.00. The van der Waals surface area contributed by atoms with Crippen molar-refractivity contribution in [2.24, 2.45) is 17.6 Å². The largest absolute Gasteiger partial charge is 0.326 e. The first-order valence-electron chi connectivity index (χ1n) is 5.23. The first-order chi connectivity index (χ1) is 5.75. The number of nitrogens with zero attached hydrogens (tertiary/aromatic N) is 1. The van der Waals surface area contributed by atoms with Crippen LogP contribution in [0.2, 0.25) is 0 Å². The molecule has 2 unspecified atom stereocenters. The van der Waals surface area contributed by atoms with Crippen molar-refractivity contribution in [2.45, 2.75) is 32.2 Å². The molecule has 1 saturated carbocycles. The van der Waals surface area contributed by atoms with E-state index in [1.807, 2.05) is 0 Å². The molecule has 2 aliphatic rings. The van der Waals surface area contributed by atoms with Crippen molar-refractivity contribution in [1.82, 2.24) is 4.90 Å². The topological polar surface area (TPSA) is 29.3 Å². The van der Waals surface area contributed by atoms with Crippen molar-refractivity contribution in [3.63, 3.8) is 0 Å². The predicted molar refractivity (Wildman–Crippen MR) is 50.9 cm³/mol. The molecule has 2 fully saturated rings. The third kappa shape index (κ3) is 1.99. The van der Waals surface area contributed by atoms with Gasteiger partial charge in [0.15, 0.2) is 0 Å². The smallest absolute Gasteiger partial charge is 0.0194 e. The summed E-state index contributed by atoms with van der Waals surface area (Å²) in [5.41, 5.74) is 6.02. The van der Waals surface area contributed by atoms with Gasteiger partial charge in [-0.3, -0.25) is 0 Å². The van der Waals surface area contributed by atoms with Gasteiger partial charge in [-0.15, -0.1) is 0 Å². The van der Waals surface area contributed by atoms with Crippen molar-refractivity contribution in [2.75, 3.05) is 19.6 Å². The van der Waals surface area contributed by atoms with E-state index in [1.54, 1.807) is 0 Å². The molecule has 0 aromatic carbocycles. The third-order valence-electron chi connectivity index (χ3n) is 3.31. The average Bonchev–Trinajstić information content (AvgIpc) is 2.81. The van der Waals surface area contributed by atoms with Crippen LogP contribution in [-0.4, -0.2) is 30.6 Å². The monoisotopic (exact) mass is 168 g/mol. The van der Waals surface area contributed by atoms with Crippen LogP contribution in [0.15, 0.2) is 0 Å². The van der Waals surface area contributed by atoms with Gasteiger partial charge in [-0.2, -0.15) is 0 Å². The zero-order valence-corrected chi connectivity index (χ0v) is 8.00. The molecule has 0 radical (unpaired) electrons. The Morgan fingerprint density at radius 1 is 1.33 bits per heavy atom. The van der Waals surface area contributed by atoms with Crippen LogP contribution in [0.1, 0.15) is 26.2 Å². The molecule has 0 spiro atoms. The summed E-state index contributed by atoms with van der Waals surface area (Å²) in [6.07, 6.45) is 4.22. The molecular weight excluding hydrogens is 148 g/mol. The lowest BCUT2D eigenvalue weighted by Gasteiger charge is -2.35. The molecule has 1 heterocycles. The molecule has 2 rings (SSSR count). The highest BCUT2D eigenvalue weighted by Crippen LogP contribution is 2.30. The fraction of sp³-hybridized carbons (Fsp3) is 1.00. The van der Waals surface area contributed by atoms with Crippen LogP contribution in [0.4, 0.5) is 0 Å². The Morgan fingerprint density at radius 3 is 2.67 bits per heavy atom. The summed E-state index contributed by atoms with van der Waals surface area (Å²) in [6.45, 7) is 6.02. The second-order valence-corrected chi connectivity index (χ2v) is 4.63. The van der Waals surface area contributed by atoms with Gasteiger partial charge in [-0.25, -0.2) is 0 Å². The Kier molecular flexibility index (Phi) is 2.37. The predicted octanol–water partition coefficient (Wildman–Crippen LogP) is 1.07. The first kappa shape index (κ1) is 8.52. The SMILES string of the molecule is CC1CCN(CC2CC2)CC1N. The van der Waals surface area contributed by atoms with Gasteiger partial charge in [-0.1, -0.05) is 6.92 Å². The molecule has 1 aliphatic heterocycles. The Balaban J connectivity index is 1.76. The van der Waals surface area contributed by atoms with Gasteiger partial charge in [0.1, 0.15) is 0 Å². The van der Waals surface area contributed by atoms with Gasteiger partial charge in [0, 0.05) is 19.1 Å². The maximum Gasteiger partial charge on any atom is 0.0194 e. The molecule has 1 aliphatic carbocycles. The molecule has 0 aromatic heterocycles. The molecular formula is C10H20N2. The zero-order chi connectivity index (χ0) is 8.55. The number of hydrogen-bond donors (Lipinski definition) is 1. The fourth-order valence-electron chi connectivity index (χ4n) is 2.00. The van der Waals surface area contributed by atoms with Crippen LogP contribution in [0.25, 0.3) is 0 Å². The van der Waals surface area contributed by atoms with Gasteiger partial charge < -0.3 is 10.6 Å². The van der Waals surface area contributed by atoms with Crippen LogP contribution < -0.4 is 5.73 Å². The van der Waals surface area contributed by atoms with Crippen LogP contribution in [-0.2, 0) is 0 Å². The van der Waals surface area contributed by atoms with E-state index in [-0.39, 0.29) is 0 Å². The summed E-state index contributed by atoms with van der Waals surface area (Å²) < 4.78 is 0. The normalized spacial score (nSPS) is 38.5. The molecule has 1 saturated heterocycles. The van der Waals surface area contributed by atoms with Crippen molar-refractivity contribution >= 4 is 0 Å². The number of likely N-dealkylation sites (tertiary alicyclic amines) is 1. The zero-order valence-electron chi connectivity index (χ0n) is 8.00. The maximum atomic E-state index is 6.02. The van der Waals surface area contributed by atoms with Gasteiger partial charge in [0.05, 0.1) is 0 Å². The summed E-state index contributed by atoms with van der Waals surface area (Å²) in [4.78, 5) is 2.56. The second kappa shape index (κ2) is 3.35. The van der Waals surface area contributed by atoms with Gasteiger partial charge in [0.25, 0.3) is 0 Å². The minimum atomic E-state index is 0.428. The highest BCUT2D eigenvalue weighted by molar-refractivity contribution is 4.84. The molecule has 2 atom stereocenters. The summed E-state index contributed by atoms with van der Waals surface area (Å²) in [6, 6.07) is 0.428. The summed E-state index contributed by atoms with van der Waals surface area (Å²) >= 11 is 0. The lowest BCUT2D eigenvalue weighted by atomic mass is 9.94. The molecule has 70 valence electrons. The van der Waals surface area contributed by atoms with Crippen LogP contribution >= 0.6 is 0 Å². The van der Waals surface area contributed by atoms with Crippen molar-refractivity contribution < 1.29 is 0 Å². The molecule has 0 aromatic rings. The first-order valence-corrected chi connectivity index (χ1v) is 5.23. The Hall–Kier alpha value is -0.0800. The van der Waals surface area contributed by atoms with E-state index in [2.05, 4.69) is 11.8 Å². The number of rotatable bonds is 2. The van der Waals surface area contributed by atoms with E-state index < -0.39 is 0 Å². The van der Waals surface area contributed by atoms with Crippen LogP contribution in [0.5, 0.6) is 0 Å². The summed E-state index contributed by atoms with van der Waals surface area (Å²) in [7, 11) is 0. The molecule has 0 amide bonds. The van der Waals surface area contributed by atoms with Gasteiger partial charge >= 0.3 is 0 Å². The number of nitrogens with two attached hydrogens (primary N) is 1. The maximum absolute atomic E-state index is 6.02. The molecule has 12 heavy (non-hydrogen) atoms. The quantitative estimate of drug-likeness (QED) is 0.668. The van der Waals surface area contributed by atoms with E-state index in [9.17, 15) is 0 Å². The Bertz CT molecular complexity index is 154. The van der Waals surface area contributed by atoms with Crippen molar-refractivity contribution in [3.05, 3.63) is 0 Å². The molecule has 2 nitrogen and oxygen atoms in total. The minimum absolute atomic E-state index is 0.428.